The average molecular weight is 544 g/mol. The van der Waals surface area contributed by atoms with E-state index in [0.29, 0.717) is 59.3 Å². The second kappa shape index (κ2) is 11.9. The van der Waals surface area contributed by atoms with Crippen molar-refractivity contribution in [3.8, 4) is 51.2 Å². The quantitative estimate of drug-likeness (QED) is 0.233. The van der Waals surface area contributed by atoms with Crippen LogP contribution in [0.3, 0.4) is 0 Å². The molecule has 206 valence electrons. The normalized spacial score (nSPS) is 11.1. The Balaban J connectivity index is 1.48. The minimum atomic E-state index is -0.541. The molecule has 2 N–H and O–H groups in total. The lowest BCUT2D eigenvalue weighted by Gasteiger charge is -2.18. The molecule has 0 atom stereocenters. The number of nitrogens with one attached hydrogen (secondary N) is 1. The van der Waals surface area contributed by atoms with E-state index in [2.05, 4.69) is 25.3 Å². The summed E-state index contributed by atoms with van der Waals surface area (Å²) in [6.07, 6.45) is 2.87. The van der Waals surface area contributed by atoms with Crippen LogP contribution in [0, 0.1) is 0 Å². The molecule has 3 heterocycles. The van der Waals surface area contributed by atoms with Gasteiger partial charge in [-0.15, -0.1) is 10.2 Å². The predicted octanol–water partition coefficient (Wildman–Crippen LogP) is 4.99. The molecule has 3 aromatic heterocycles. The van der Waals surface area contributed by atoms with Crippen LogP contribution in [-0.4, -0.2) is 44.6 Å². The monoisotopic (exact) mass is 543 g/mol. The summed E-state index contributed by atoms with van der Waals surface area (Å²) in [6, 6.07) is 14.8. The molecular formula is C29H29N5O6. The molecular weight excluding hydrogens is 514 g/mol. The van der Waals surface area contributed by atoms with Crippen LogP contribution in [0.5, 0.6) is 17.2 Å². The van der Waals surface area contributed by atoms with Crippen molar-refractivity contribution in [2.75, 3.05) is 14.2 Å². The highest BCUT2D eigenvalue weighted by Gasteiger charge is 2.27. The van der Waals surface area contributed by atoms with Gasteiger partial charge in [-0.05, 0) is 25.0 Å². The Morgan fingerprint density at radius 2 is 1.60 bits per heavy atom. The minimum Gasteiger partial charge on any atom is -0.506 e. The number of pyridine rings is 1. The van der Waals surface area contributed by atoms with Crippen molar-refractivity contribution in [3.05, 3.63) is 76.4 Å². The van der Waals surface area contributed by atoms with Crippen molar-refractivity contribution in [3.63, 3.8) is 0 Å². The van der Waals surface area contributed by atoms with Crippen molar-refractivity contribution in [2.24, 2.45) is 0 Å². The van der Waals surface area contributed by atoms with Gasteiger partial charge in [-0.2, -0.15) is 4.98 Å². The van der Waals surface area contributed by atoms with Gasteiger partial charge in [0.25, 0.3) is 11.4 Å². The molecule has 0 bridgehead atoms. The van der Waals surface area contributed by atoms with E-state index < -0.39 is 5.56 Å². The molecule has 0 aliphatic rings. The van der Waals surface area contributed by atoms with Crippen LogP contribution >= 0.6 is 0 Å². The molecule has 0 unspecified atom stereocenters. The van der Waals surface area contributed by atoms with E-state index in [4.69, 9.17) is 18.4 Å². The third-order valence-corrected chi connectivity index (χ3v) is 6.46. The van der Waals surface area contributed by atoms with Crippen LogP contribution in [0.15, 0.2) is 62.3 Å². The maximum Gasteiger partial charge on any atom is 0.264 e. The van der Waals surface area contributed by atoms with Gasteiger partial charge in [-0.25, -0.2) is 0 Å². The highest BCUT2D eigenvalue weighted by atomic mass is 16.5. The summed E-state index contributed by atoms with van der Waals surface area (Å²) in [5.41, 5.74) is 1.63. The number of aromatic nitrogens is 5. The van der Waals surface area contributed by atoms with Crippen molar-refractivity contribution in [2.45, 2.75) is 39.0 Å². The number of ether oxygens (including phenoxy) is 2. The molecule has 0 aliphatic heterocycles. The van der Waals surface area contributed by atoms with E-state index in [1.54, 1.807) is 18.2 Å². The number of nitrogens with zero attached hydrogens (tertiary/aromatic N) is 4. The first-order valence-corrected chi connectivity index (χ1v) is 12.9. The van der Waals surface area contributed by atoms with Gasteiger partial charge in [0, 0.05) is 24.1 Å². The fraction of sp³-hybridized carbons (Fsp3) is 0.276. The van der Waals surface area contributed by atoms with E-state index in [-0.39, 0.29) is 23.1 Å². The SMILES string of the molecule is CCCCc1[nH]c(=O)c(-c2nnc(CCc3nc(-c4ccccc4)no3)o2)c(O)c1-c1c(OC)cccc1OC. The number of benzene rings is 2. The fourth-order valence-electron chi connectivity index (χ4n) is 4.47. The maximum absolute atomic E-state index is 13.2. The van der Waals surface area contributed by atoms with Gasteiger partial charge in [-0.1, -0.05) is 54.9 Å². The summed E-state index contributed by atoms with van der Waals surface area (Å²) in [7, 11) is 3.06. The number of hydrogen-bond acceptors (Lipinski definition) is 10. The number of hydrogen-bond donors (Lipinski definition) is 2. The number of aryl methyl sites for hydroxylation is 3. The van der Waals surface area contributed by atoms with E-state index in [1.165, 1.54) is 14.2 Å². The topological polar surface area (TPSA) is 149 Å². The lowest BCUT2D eigenvalue weighted by Crippen LogP contribution is -2.14. The van der Waals surface area contributed by atoms with Crippen molar-refractivity contribution >= 4 is 0 Å². The van der Waals surface area contributed by atoms with E-state index in [1.807, 2.05) is 37.3 Å². The van der Waals surface area contributed by atoms with Gasteiger partial charge in [0.15, 0.2) is 0 Å². The number of aromatic amines is 1. The zero-order valence-electron chi connectivity index (χ0n) is 22.4. The first-order chi connectivity index (χ1) is 19.5. The summed E-state index contributed by atoms with van der Waals surface area (Å²) in [5, 5.41) is 23.7. The van der Waals surface area contributed by atoms with Gasteiger partial charge < -0.3 is 28.5 Å². The highest BCUT2D eigenvalue weighted by Crippen LogP contribution is 2.46. The summed E-state index contributed by atoms with van der Waals surface area (Å²) >= 11 is 0. The smallest absolute Gasteiger partial charge is 0.264 e. The van der Waals surface area contributed by atoms with E-state index in [9.17, 15) is 9.90 Å². The van der Waals surface area contributed by atoms with E-state index in [0.717, 1.165) is 18.4 Å². The highest BCUT2D eigenvalue weighted by molar-refractivity contribution is 5.87. The Morgan fingerprint density at radius 3 is 2.30 bits per heavy atom. The Hall–Kier alpha value is -4.93. The number of rotatable bonds is 11. The zero-order chi connectivity index (χ0) is 28.1. The van der Waals surface area contributed by atoms with Crippen LogP contribution in [0.2, 0.25) is 0 Å². The third-order valence-electron chi connectivity index (χ3n) is 6.46. The largest absolute Gasteiger partial charge is 0.506 e. The summed E-state index contributed by atoms with van der Waals surface area (Å²) in [6.45, 7) is 2.05. The first-order valence-electron chi connectivity index (χ1n) is 12.9. The molecule has 5 aromatic rings. The Bertz CT molecular complexity index is 1640. The van der Waals surface area contributed by atoms with Crippen molar-refractivity contribution in [1.82, 2.24) is 25.3 Å². The molecule has 5 rings (SSSR count). The summed E-state index contributed by atoms with van der Waals surface area (Å²) in [4.78, 5) is 20.5. The molecule has 0 radical (unpaired) electrons. The minimum absolute atomic E-state index is 0.110. The van der Waals surface area contributed by atoms with Crippen LogP contribution in [-0.2, 0) is 19.3 Å². The maximum atomic E-state index is 13.2. The molecule has 2 aromatic carbocycles. The molecule has 11 heteroatoms. The molecule has 40 heavy (non-hydrogen) atoms. The second-order valence-electron chi connectivity index (χ2n) is 9.05. The number of H-pyrrole nitrogens is 1. The van der Waals surface area contributed by atoms with Gasteiger partial charge in [0.2, 0.25) is 17.6 Å². The zero-order valence-corrected chi connectivity index (χ0v) is 22.4. The summed E-state index contributed by atoms with van der Waals surface area (Å²) in [5.74, 6) is 1.70. The first kappa shape index (κ1) is 26.7. The van der Waals surface area contributed by atoms with Gasteiger partial charge >= 0.3 is 0 Å². The molecule has 0 spiro atoms. The Labute approximate surface area is 229 Å². The molecule has 0 fully saturated rings. The number of methoxy groups -OCH3 is 2. The molecule has 0 saturated heterocycles. The lowest BCUT2D eigenvalue weighted by atomic mass is 9.96. The van der Waals surface area contributed by atoms with Crippen LogP contribution in [0.1, 0.15) is 37.2 Å². The Morgan fingerprint density at radius 1 is 0.875 bits per heavy atom. The van der Waals surface area contributed by atoms with Crippen molar-refractivity contribution in [1.29, 1.82) is 0 Å². The van der Waals surface area contributed by atoms with Gasteiger partial charge in [-0.3, -0.25) is 4.79 Å². The molecule has 11 nitrogen and oxygen atoms in total. The summed E-state index contributed by atoms with van der Waals surface area (Å²) < 4.78 is 22.3. The van der Waals surface area contributed by atoms with Crippen LogP contribution < -0.4 is 15.0 Å². The van der Waals surface area contributed by atoms with Crippen molar-refractivity contribution < 1.29 is 23.5 Å². The molecule has 0 aliphatic carbocycles. The number of aromatic hydroxyl groups is 1. The standard InChI is InChI=1S/C29H29N5O6/c1-4-5-12-18-23(24-19(37-2)13-9-14-20(24)38-3)26(35)25(28(36)30-18)29-33-32-22(39-29)16-15-21-31-27(34-40-21)17-10-7-6-8-11-17/h6-11,13-14H,4-5,12,15-16H2,1-3H3,(H2,30,35,36). The van der Waals surface area contributed by atoms with Crippen LogP contribution in [0.4, 0.5) is 0 Å². The molecule has 0 saturated carbocycles. The van der Waals surface area contributed by atoms with Crippen LogP contribution in [0.25, 0.3) is 34.0 Å². The second-order valence-corrected chi connectivity index (χ2v) is 9.05. The molecule has 0 amide bonds. The van der Waals surface area contributed by atoms with Gasteiger partial charge in [0.1, 0.15) is 22.8 Å². The van der Waals surface area contributed by atoms with Gasteiger partial charge in [0.05, 0.1) is 25.3 Å². The fourth-order valence-corrected chi connectivity index (χ4v) is 4.47. The predicted molar refractivity (Wildman–Crippen MR) is 146 cm³/mol. The number of unbranched alkanes of at least 4 members (excludes halogenated alkanes) is 1. The van der Waals surface area contributed by atoms with E-state index >= 15 is 0 Å². The average Bonchev–Trinajstić information content (AvgIpc) is 3.65. The lowest BCUT2D eigenvalue weighted by molar-refractivity contribution is 0.373. The third kappa shape index (κ3) is 5.31. The Kier molecular flexibility index (Phi) is 7.90.